The Hall–Kier alpha value is -1.62. The first-order valence-electron chi connectivity index (χ1n) is 4.47. The summed E-state index contributed by atoms with van der Waals surface area (Å²) in [6.45, 7) is 2.54. The van der Waals surface area contributed by atoms with Gasteiger partial charge in [0.1, 0.15) is 5.52 Å². The summed E-state index contributed by atoms with van der Waals surface area (Å²) in [6, 6.07) is 4.21. The highest BCUT2D eigenvalue weighted by atomic mass is 16.4. The Morgan fingerprint density at radius 2 is 2.50 bits per heavy atom. The molecule has 5 nitrogen and oxygen atoms in total. The van der Waals surface area contributed by atoms with Gasteiger partial charge in [0.05, 0.1) is 0 Å². The highest BCUT2D eigenvalue weighted by molar-refractivity contribution is 5.69. The molecule has 2 aromatic rings. The second kappa shape index (κ2) is 3.63. The smallest absolute Gasteiger partial charge is 0.297 e. The number of pyridine rings is 1. The molecule has 0 saturated carbocycles. The lowest BCUT2D eigenvalue weighted by atomic mass is 10.4. The van der Waals surface area contributed by atoms with Crippen molar-refractivity contribution in [2.24, 2.45) is 5.73 Å². The number of hydrogen-bond acceptors (Lipinski definition) is 5. The first-order valence-corrected chi connectivity index (χ1v) is 4.47. The summed E-state index contributed by atoms with van der Waals surface area (Å²) >= 11 is 0. The fraction of sp³-hybridized carbons (Fsp3) is 0.333. The first kappa shape index (κ1) is 8.96. The van der Waals surface area contributed by atoms with E-state index in [4.69, 9.17) is 10.2 Å². The zero-order chi connectivity index (χ0) is 9.97. The molecule has 0 amide bonds. The van der Waals surface area contributed by atoms with Gasteiger partial charge in [-0.05, 0) is 19.1 Å². The second-order valence-corrected chi connectivity index (χ2v) is 3.20. The summed E-state index contributed by atoms with van der Waals surface area (Å²) in [5.74, 6) is 0. The van der Waals surface area contributed by atoms with Crippen molar-refractivity contribution >= 4 is 17.2 Å². The van der Waals surface area contributed by atoms with Gasteiger partial charge in [0.25, 0.3) is 6.01 Å². The molecule has 0 saturated heterocycles. The fourth-order valence-electron chi connectivity index (χ4n) is 1.09. The lowest BCUT2D eigenvalue weighted by Crippen LogP contribution is -2.25. The predicted molar refractivity (Wildman–Crippen MR) is 53.9 cm³/mol. The number of anilines is 1. The summed E-state index contributed by atoms with van der Waals surface area (Å²) < 4.78 is 5.33. The number of nitrogens with zero attached hydrogens (tertiary/aromatic N) is 2. The molecule has 0 aromatic carbocycles. The highest BCUT2D eigenvalue weighted by Crippen LogP contribution is 2.15. The van der Waals surface area contributed by atoms with Gasteiger partial charge in [0, 0.05) is 18.8 Å². The van der Waals surface area contributed by atoms with Crippen LogP contribution in [0.3, 0.4) is 0 Å². The number of oxazole rings is 1. The van der Waals surface area contributed by atoms with Crippen LogP contribution in [0, 0.1) is 0 Å². The molecule has 3 N–H and O–H groups in total. The Kier molecular flexibility index (Phi) is 2.32. The van der Waals surface area contributed by atoms with Gasteiger partial charge >= 0.3 is 0 Å². The van der Waals surface area contributed by atoms with Gasteiger partial charge in [0.15, 0.2) is 0 Å². The van der Waals surface area contributed by atoms with E-state index in [0.717, 1.165) is 5.52 Å². The van der Waals surface area contributed by atoms with Gasteiger partial charge in [-0.3, -0.25) is 0 Å². The Morgan fingerprint density at radius 1 is 1.64 bits per heavy atom. The van der Waals surface area contributed by atoms with Crippen molar-refractivity contribution in [2.45, 2.75) is 13.0 Å². The van der Waals surface area contributed by atoms with Crippen LogP contribution >= 0.6 is 0 Å². The summed E-state index contributed by atoms with van der Waals surface area (Å²) in [7, 11) is 0. The topological polar surface area (TPSA) is 77.0 Å². The Labute approximate surface area is 81.3 Å². The largest absolute Gasteiger partial charge is 0.404 e. The van der Waals surface area contributed by atoms with Gasteiger partial charge in [-0.15, -0.1) is 0 Å². The molecule has 74 valence electrons. The normalized spacial score (nSPS) is 13.0. The van der Waals surface area contributed by atoms with Crippen LogP contribution in [-0.2, 0) is 0 Å². The average molecular weight is 192 g/mol. The van der Waals surface area contributed by atoms with Crippen LogP contribution in [0.2, 0.25) is 0 Å². The maximum atomic E-state index is 5.59. The maximum Gasteiger partial charge on any atom is 0.297 e. The quantitative estimate of drug-likeness (QED) is 0.758. The summed E-state index contributed by atoms with van der Waals surface area (Å²) in [5.41, 5.74) is 6.88. The third-order valence-electron chi connectivity index (χ3n) is 1.74. The van der Waals surface area contributed by atoms with Crippen molar-refractivity contribution in [1.29, 1.82) is 0 Å². The zero-order valence-electron chi connectivity index (χ0n) is 7.90. The van der Waals surface area contributed by atoms with Crippen molar-refractivity contribution < 1.29 is 4.42 Å². The first-order chi connectivity index (χ1) is 6.75. The molecule has 0 radical (unpaired) electrons. The molecule has 1 atom stereocenters. The van der Waals surface area contributed by atoms with E-state index in [1.807, 2.05) is 19.1 Å². The number of rotatable bonds is 3. The molecular formula is C9H12N4O. The highest BCUT2D eigenvalue weighted by Gasteiger charge is 2.05. The van der Waals surface area contributed by atoms with Gasteiger partial charge in [-0.1, -0.05) is 0 Å². The molecule has 0 aliphatic carbocycles. The molecule has 2 heterocycles. The van der Waals surface area contributed by atoms with Crippen LogP contribution in [0.1, 0.15) is 6.92 Å². The van der Waals surface area contributed by atoms with Crippen LogP contribution in [0.25, 0.3) is 11.2 Å². The number of aromatic nitrogens is 2. The Balaban J connectivity index is 2.19. The third-order valence-corrected chi connectivity index (χ3v) is 1.74. The summed E-state index contributed by atoms with van der Waals surface area (Å²) in [5, 5.41) is 2.99. The van der Waals surface area contributed by atoms with E-state index in [0.29, 0.717) is 18.3 Å². The van der Waals surface area contributed by atoms with Gasteiger partial charge in [-0.25, -0.2) is 4.98 Å². The van der Waals surface area contributed by atoms with E-state index in [-0.39, 0.29) is 6.04 Å². The molecule has 0 spiro atoms. The minimum atomic E-state index is 0.0676. The molecule has 0 fully saturated rings. The van der Waals surface area contributed by atoms with Gasteiger partial charge in [0.2, 0.25) is 5.71 Å². The molecule has 1 unspecified atom stereocenters. The number of nitrogens with one attached hydrogen (secondary N) is 1. The fourth-order valence-corrected chi connectivity index (χ4v) is 1.09. The Morgan fingerprint density at radius 3 is 3.21 bits per heavy atom. The number of fused-ring (bicyclic) bond motifs is 1. The maximum absolute atomic E-state index is 5.59. The summed E-state index contributed by atoms with van der Waals surface area (Å²) in [4.78, 5) is 8.22. The molecular weight excluding hydrogens is 180 g/mol. The molecule has 0 aliphatic heterocycles. The number of nitrogens with two attached hydrogens (primary N) is 1. The Bertz CT molecular complexity index is 390. The summed E-state index contributed by atoms with van der Waals surface area (Å²) in [6.07, 6.45) is 1.67. The van der Waals surface area contributed by atoms with E-state index in [1.165, 1.54) is 0 Å². The molecule has 5 heteroatoms. The monoisotopic (exact) mass is 192 g/mol. The van der Waals surface area contributed by atoms with Crippen LogP contribution in [0.4, 0.5) is 6.01 Å². The van der Waals surface area contributed by atoms with E-state index >= 15 is 0 Å². The second-order valence-electron chi connectivity index (χ2n) is 3.20. The van der Waals surface area contributed by atoms with Gasteiger partial charge < -0.3 is 15.5 Å². The molecule has 2 rings (SSSR count). The van der Waals surface area contributed by atoms with Crippen molar-refractivity contribution in [3.05, 3.63) is 18.3 Å². The average Bonchev–Trinajstić information content (AvgIpc) is 2.57. The zero-order valence-corrected chi connectivity index (χ0v) is 7.90. The minimum absolute atomic E-state index is 0.0676. The van der Waals surface area contributed by atoms with Crippen molar-refractivity contribution in [3.63, 3.8) is 0 Å². The van der Waals surface area contributed by atoms with Crippen LogP contribution in [-0.4, -0.2) is 22.6 Å². The van der Waals surface area contributed by atoms with E-state index in [1.54, 1.807) is 6.20 Å². The van der Waals surface area contributed by atoms with Crippen LogP contribution in [0.15, 0.2) is 22.7 Å². The SMILES string of the molecule is CC(N)CNc1nc2cccnc2o1. The van der Waals surface area contributed by atoms with Crippen LogP contribution in [0.5, 0.6) is 0 Å². The lowest BCUT2D eigenvalue weighted by molar-refractivity contribution is 0.597. The number of hydrogen-bond donors (Lipinski definition) is 2. The van der Waals surface area contributed by atoms with Crippen LogP contribution < -0.4 is 11.1 Å². The van der Waals surface area contributed by atoms with E-state index in [9.17, 15) is 0 Å². The standard InChI is InChI=1S/C9H12N4O/c1-6(10)5-12-9-13-7-3-2-4-11-8(7)14-9/h2-4,6H,5,10H2,1H3,(H,12,13). The van der Waals surface area contributed by atoms with E-state index in [2.05, 4.69) is 15.3 Å². The minimum Gasteiger partial charge on any atom is -0.404 e. The van der Waals surface area contributed by atoms with Crippen molar-refractivity contribution in [1.82, 2.24) is 9.97 Å². The van der Waals surface area contributed by atoms with Crippen molar-refractivity contribution in [3.8, 4) is 0 Å². The van der Waals surface area contributed by atoms with E-state index < -0.39 is 0 Å². The van der Waals surface area contributed by atoms with Crippen molar-refractivity contribution in [2.75, 3.05) is 11.9 Å². The molecule has 0 bridgehead atoms. The predicted octanol–water partition coefficient (Wildman–Crippen LogP) is 0.982. The molecule has 2 aromatic heterocycles. The molecule has 14 heavy (non-hydrogen) atoms. The lowest BCUT2D eigenvalue weighted by Gasteiger charge is -2.03. The molecule has 0 aliphatic rings. The third kappa shape index (κ3) is 1.82. The van der Waals surface area contributed by atoms with Gasteiger partial charge in [-0.2, -0.15) is 4.98 Å².